The first kappa shape index (κ1) is 22.3. The second-order valence-electron chi connectivity index (χ2n) is 8.30. The van der Waals surface area contributed by atoms with E-state index in [9.17, 15) is 28.3 Å². The molecule has 0 radical (unpaired) electrons. The van der Waals surface area contributed by atoms with E-state index in [-0.39, 0.29) is 28.7 Å². The summed E-state index contributed by atoms with van der Waals surface area (Å²) in [4.78, 5) is 39.9. The Kier molecular flexibility index (Phi) is 5.98. The van der Waals surface area contributed by atoms with Gasteiger partial charge in [-0.3, -0.25) is 14.4 Å². The first-order valence-corrected chi connectivity index (χ1v) is 11.3. The molecule has 32 heavy (non-hydrogen) atoms. The fraction of sp³-hybridized carbons (Fsp3) is 0.409. The SMILES string of the molecule is CC(C)C1CCN2C(=O)c3c(O)c(=O)c(C(=O)NCc4ccc(F)cc4F)cn3CC2S1. The fourth-order valence-electron chi connectivity index (χ4n) is 4.04. The van der Waals surface area contributed by atoms with Crippen LogP contribution in [0.25, 0.3) is 0 Å². The molecule has 0 bridgehead atoms. The molecule has 2 unspecified atom stereocenters. The highest BCUT2D eigenvalue weighted by Crippen LogP contribution is 2.38. The van der Waals surface area contributed by atoms with Crippen molar-refractivity contribution in [1.29, 1.82) is 0 Å². The normalized spacial score (nSPS) is 20.2. The van der Waals surface area contributed by atoms with Gasteiger partial charge in [0.1, 0.15) is 17.2 Å². The average molecular weight is 464 g/mol. The summed E-state index contributed by atoms with van der Waals surface area (Å²) in [6.07, 6.45) is 2.10. The van der Waals surface area contributed by atoms with Crippen molar-refractivity contribution in [2.24, 2.45) is 5.92 Å². The van der Waals surface area contributed by atoms with Gasteiger partial charge in [-0.2, -0.15) is 0 Å². The van der Waals surface area contributed by atoms with Crippen molar-refractivity contribution in [2.75, 3.05) is 6.54 Å². The molecule has 0 saturated carbocycles. The number of nitrogens with zero attached hydrogens (tertiary/aromatic N) is 2. The molecule has 2 aromatic rings. The molecule has 2 atom stereocenters. The van der Waals surface area contributed by atoms with Gasteiger partial charge in [-0.15, -0.1) is 11.8 Å². The van der Waals surface area contributed by atoms with Crippen molar-refractivity contribution in [3.8, 4) is 5.75 Å². The molecule has 1 aromatic carbocycles. The second kappa shape index (κ2) is 8.57. The highest BCUT2D eigenvalue weighted by molar-refractivity contribution is 8.00. The highest BCUT2D eigenvalue weighted by Gasteiger charge is 2.40. The summed E-state index contributed by atoms with van der Waals surface area (Å²) in [6, 6.07) is 2.96. The van der Waals surface area contributed by atoms with Crippen molar-refractivity contribution in [1.82, 2.24) is 14.8 Å². The van der Waals surface area contributed by atoms with Crippen molar-refractivity contribution in [3.05, 3.63) is 63.1 Å². The minimum absolute atomic E-state index is 0.0474. The van der Waals surface area contributed by atoms with E-state index in [2.05, 4.69) is 19.2 Å². The van der Waals surface area contributed by atoms with Crippen molar-refractivity contribution in [2.45, 2.75) is 44.0 Å². The molecule has 4 rings (SSSR count). The number of hydrogen-bond acceptors (Lipinski definition) is 5. The van der Waals surface area contributed by atoms with Crippen LogP contribution in [-0.2, 0) is 13.1 Å². The van der Waals surface area contributed by atoms with E-state index >= 15 is 0 Å². The molecule has 2 amide bonds. The van der Waals surface area contributed by atoms with Crippen molar-refractivity contribution in [3.63, 3.8) is 0 Å². The third-order valence-corrected chi connectivity index (χ3v) is 7.70. The van der Waals surface area contributed by atoms with Crippen LogP contribution in [0.3, 0.4) is 0 Å². The van der Waals surface area contributed by atoms with Crippen LogP contribution < -0.4 is 10.7 Å². The molecule has 1 aromatic heterocycles. The number of benzene rings is 1. The summed E-state index contributed by atoms with van der Waals surface area (Å²) in [7, 11) is 0. The Hall–Kier alpha value is -2.88. The van der Waals surface area contributed by atoms with Crippen LogP contribution in [-0.4, -0.2) is 43.6 Å². The maximum absolute atomic E-state index is 13.8. The van der Waals surface area contributed by atoms with Gasteiger partial charge in [-0.25, -0.2) is 8.78 Å². The lowest BCUT2D eigenvalue weighted by Crippen LogP contribution is -2.52. The summed E-state index contributed by atoms with van der Waals surface area (Å²) in [6.45, 7) is 4.85. The molecule has 1 fully saturated rings. The number of carbonyl (C=O) groups excluding carboxylic acids is 2. The molecule has 7 nitrogen and oxygen atoms in total. The third-order valence-electron chi connectivity index (χ3n) is 5.85. The number of hydrogen-bond donors (Lipinski definition) is 2. The van der Waals surface area contributed by atoms with Crippen LogP contribution in [0.4, 0.5) is 8.78 Å². The summed E-state index contributed by atoms with van der Waals surface area (Å²) in [5.41, 5.74) is -1.40. The topological polar surface area (TPSA) is 91.6 Å². The van der Waals surface area contributed by atoms with Gasteiger partial charge in [-0.1, -0.05) is 19.9 Å². The minimum Gasteiger partial charge on any atom is -0.503 e. The van der Waals surface area contributed by atoms with Crippen LogP contribution >= 0.6 is 11.8 Å². The Morgan fingerprint density at radius 1 is 1.31 bits per heavy atom. The third kappa shape index (κ3) is 3.99. The molecule has 0 aliphatic carbocycles. The number of fused-ring (bicyclic) bond motifs is 2. The van der Waals surface area contributed by atoms with Crippen molar-refractivity contribution >= 4 is 23.6 Å². The van der Waals surface area contributed by atoms with Gasteiger partial charge < -0.3 is 19.9 Å². The van der Waals surface area contributed by atoms with Gasteiger partial charge in [0.05, 0.1) is 11.9 Å². The number of carbonyl (C=O) groups is 2. The Balaban J connectivity index is 1.60. The maximum Gasteiger partial charge on any atom is 0.275 e. The Labute approximate surface area is 187 Å². The van der Waals surface area contributed by atoms with E-state index in [1.807, 2.05) is 0 Å². The van der Waals surface area contributed by atoms with Crippen LogP contribution in [0.5, 0.6) is 5.75 Å². The zero-order chi connectivity index (χ0) is 23.2. The molecule has 170 valence electrons. The zero-order valence-electron chi connectivity index (χ0n) is 17.6. The molecule has 10 heteroatoms. The summed E-state index contributed by atoms with van der Waals surface area (Å²) >= 11 is 1.68. The van der Waals surface area contributed by atoms with Crippen LogP contribution in [0, 0.1) is 17.6 Å². The second-order valence-corrected chi connectivity index (χ2v) is 9.72. The van der Waals surface area contributed by atoms with Gasteiger partial charge in [-0.05, 0) is 18.4 Å². The number of thioether (sulfide) groups is 1. The minimum atomic E-state index is -0.968. The van der Waals surface area contributed by atoms with E-state index in [1.54, 1.807) is 16.7 Å². The molecule has 3 heterocycles. The van der Waals surface area contributed by atoms with Crippen LogP contribution in [0.15, 0.2) is 29.2 Å². The zero-order valence-corrected chi connectivity index (χ0v) is 18.4. The average Bonchev–Trinajstić information content (AvgIpc) is 2.75. The van der Waals surface area contributed by atoms with Gasteiger partial charge in [0, 0.05) is 36.2 Å². The van der Waals surface area contributed by atoms with Crippen LogP contribution in [0.2, 0.25) is 0 Å². The fourth-order valence-corrected chi connectivity index (χ4v) is 5.59. The summed E-state index contributed by atoms with van der Waals surface area (Å²) in [5, 5.41) is 13.1. The van der Waals surface area contributed by atoms with E-state index in [4.69, 9.17) is 0 Å². The van der Waals surface area contributed by atoms with Gasteiger partial charge >= 0.3 is 0 Å². The molecular weight excluding hydrogens is 440 g/mol. The summed E-state index contributed by atoms with van der Waals surface area (Å²) < 4.78 is 28.3. The molecule has 0 spiro atoms. The number of rotatable bonds is 4. The summed E-state index contributed by atoms with van der Waals surface area (Å²) in [5.74, 6) is -3.16. The quantitative estimate of drug-likeness (QED) is 0.728. The predicted molar refractivity (Wildman–Crippen MR) is 116 cm³/mol. The maximum atomic E-state index is 13.8. The van der Waals surface area contributed by atoms with E-state index in [0.717, 1.165) is 12.5 Å². The largest absolute Gasteiger partial charge is 0.503 e. The molecule has 2 aliphatic rings. The number of aromatic nitrogens is 1. The first-order valence-electron chi connectivity index (χ1n) is 10.3. The lowest BCUT2D eigenvalue weighted by Gasteiger charge is -2.44. The van der Waals surface area contributed by atoms with Crippen LogP contribution in [0.1, 0.15) is 46.7 Å². The van der Waals surface area contributed by atoms with Gasteiger partial charge in [0.25, 0.3) is 11.8 Å². The molecular formula is C22H23F2N3O4S. The Bertz CT molecular complexity index is 1150. The standard InChI is InChI=1S/C22H23F2N3O4S/c1-11(2)16-5-6-27-17(32-16)10-26-9-14(19(28)20(29)18(26)22(27)31)21(30)25-8-12-3-4-13(23)7-15(12)24/h3-4,7,9,11,16-17,29H,5-6,8,10H2,1-2H3,(H,25,30). The van der Waals surface area contributed by atoms with E-state index in [1.165, 1.54) is 16.8 Å². The number of pyridine rings is 1. The van der Waals surface area contributed by atoms with Gasteiger partial charge in [0.2, 0.25) is 5.43 Å². The van der Waals surface area contributed by atoms with Crippen molar-refractivity contribution < 1.29 is 23.5 Å². The number of nitrogens with one attached hydrogen (secondary N) is 1. The smallest absolute Gasteiger partial charge is 0.275 e. The van der Waals surface area contributed by atoms with E-state index in [0.29, 0.717) is 30.3 Å². The molecule has 1 saturated heterocycles. The first-order chi connectivity index (χ1) is 15.2. The number of halogens is 2. The Morgan fingerprint density at radius 2 is 2.06 bits per heavy atom. The van der Waals surface area contributed by atoms with E-state index < -0.39 is 34.6 Å². The number of amides is 2. The highest BCUT2D eigenvalue weighted by atomic mass is 32.2. The molecule has 2 N–H and O–H groups in total. The lowest BCUT2D eigenvalue weighted by atomic mass is 10.1. The molecule has 2 aliphatic heterocycles. The number of aromatic hydroxyl groups is 1. The lowest BCUT2D eigenvalue weighted by molar-refractivity contribution is 0.0651. The Morgan fingerprint density at radius 3 is 2.75 bits per heavy atom. The van der Waals surface area contributed by atoms with Gasteiger partial charge in [0.15, 0.2) is 11.4 Å². The monoisotopic (exact) mass is 463 g/mol. The predicted octanol–water partition coefficient (Wildman–Crippen LogP) is 2.71.